The Hall–Kier alpha value is -2.36. The van der Waals surface area contributed by atoms with E-state index in [1.54, 1.807) is 54.4 Å². The number of ether oxygens (including phenoxy) is 1. The standard InChI is InChI=1S/C14H14N2O2/c1-3-10-16-13(8-9-15-16)14(17)11-4-6-12(18-2)7-5-11/h3-9H,1,10H2,2H3. The Labute approximate surface area is 106 Å². The fourth-order valence-corrected chi connectivity index (χ4v) is 1.68. The first-order valence-electron chi connectivity index (χ1n) is 5.57. The number of nitrogens with zero attached hydrogens (tertiary/aromatic N) is 2. The third kappa shape index (κ3) is 2.32. The van der Waals surface area contributed by atoms with Crippen LogP contribution in [0.15, 0.2) is 49.2 Å². The van der Waals surface area contributed by atoms with Crippen LogP contribution in [0, 0.1) is 0 Å². The first kappa shape index (κ1) is 12.1. The van der Waals surface area contributed by atoms with Gasteiger partial charge in [-0.2, -0.15) is 5.10 Å². The lowest BCUT2D eigenvalue weighted by Crippen LogP contribution is -2.10. The molecule has 0 saturated heterocycles. The molecule has 0 atom stereocenters. The van der Waals surface area contributed by atoms with Crippen molar-refractivity contribution >= 4 is 5.78 Å². The van der Waals surface area contributed by atoms with Crippen LogP contribution in [0.25, 0.3) is 0 Å². The number of benzene rings is 1. The van der Waals surface area contributed by atoms with E-state index < -0.39 is 0 Å². The highest BCUT2D eigenvalue weighted by Crippen LogP contribution is 2.15. The highest BCUT2D eigenvalue weighted by Gasteiger charge is 2.13. The molecule has 0 aliphatic heterocycles. The lowest BCUT2D eigenvalue weighted by atomic mass is 10.1. The predicted molar refractivity (Wildman–Crippen MR) is 68.9 cm³/mol. The summed E-state index contributed by atoms with van der Waals surface area (Å²) in [5.41, 5.74) is 1.17. The van der Waals surface area contributed by atoms with Gasteiger partial charge in [-0.3, -0.25) is 9.48 Å². The summed E-state index contributed by atoms with van der Waals surface area (Å²) in [5.74, 6) is 0.670. The van der Waals surface area contributed by atoms with Crippen molar-refractivity contribution in [2.45, 2.75) is 6.54 Å². The van der Waals surface area contributed by atoms with Gasteiger partial charge in [-0.25, -0.2) is 0 Å². The predicted octanol–water partition coefficient (Wildman–Crippen LogP) is 2.31. The van der Waals surface area contributed by atoms with Crippen molar-refractivity contribution in [3.8, 4) is 5.75 Å². The van der Waals surface area contributed by atoms with Crippen LogP contribution >= 0.6 is 0 Å². The van der Waals surface area contributed by atoms with Crippen LogP contribution in [-0.4, -0.2) is 22.7 Å². The van der Waals surface area contributed by atoms with Crippen LogP contribution < -0.4 is 4.74 Å². The zero-order valence-electron chi connectivity index (χ0n) is 10.2. The number of ketones is 1. The molecule has 1 heterocycles. The normalized spacial score (nSPS) is 10.1. The Balaban J connectivity index is 2.29. The van der Waals surface area contributed by atoms with E-state index in [0.29, 0.717) is 17.8 Å². The van der Waals surface area contributed by atoms with Gasteiger partial charge in [0.2, 0.25) is 5.78 Å². The van der Waals surface area contributed by atoms with Gasteiger partial charge in [0.1, 0.15) is 11.4 Å². The molecule has 0 aliphatic carbocycles. The first-order chi connectivity index (χ1) is 8.76. The summed E-state index contributed by atoms with van der Waals surface area (Å²) in [6, 6.07) is 8.72. The minimum atomic E-state index is -0.0583. The summed E-state index contributed by atoms with van der Waals surface area (Å²) < 4.78 is 6.68. The maximum Gasteiger partial charge on any atom is 0.211 e. The van der Waals surface area contributed by atoms with Crippen molar-refractivity contribution in [1.29, 1.82) is 0 Å². The van der Waals surface area contributed by atoms with Gasteiger partial charge in [0, 0.05) is 11.8 Å². The Morgan fingerprint density at radius 2 is 2.11 bits per heavy atom. The van der Waals surface area contributed by atoms with E-state index in [1.807, 2.05) is 0 Å². The van der Waals surface area contributed by atoms with Gasteiger partial charge in [0.25, 0.3) is 0 Å². The molecule has 92 valence electrons. The second kappa shape index (κ2) is 5.31. The van der Waals surface area contributed by atoms with E-state index in [2.05, 4.69) is 11.7 Å². The van der Waals surface area contributed by atoms with Crippen LogP contribution in [0.5, 0.6) is 5.75 Å². The van der Waals surface area contributed by atoms with Gasteiger partial charge >= 0.3 is 0 Å². The average Bonchev–Trinajstić information content (AvgIpc) is 2.87. The highest BCUT2D eigenvalue weighted by molar-refractivity contribution is 6.07. The minimum Gasteiger partial charge on any atom is -0.497 e. The van der Waals surface area contributed by atoms with Gasteiger partial charge in [-0.15, -0.1) is 6.58 Å². The van der Waals surface area contributed by atoms with Crippen molar-refractivity contribution in [3.05, 3.63) is 60.4 Å². The van der Waals surface area contributed by atoms with Crippen LogP contribution in [0.3, 0.4) is 0 Å². The molecular weight excluding hydrogens is 228 g/mol. The van der Waals surface area contributed by atoms with E-state index in [-0.39, 0.29) is 5.78 Å². The number of allylic oxidation sites excluding steroid dienone is 1. The highest BCUT2D eigenvalue weighted by atomic mass is 16.5. The number of rotatable bonds is 5. The smallest absolute Gasteiger partial charge is 0.211 e. The Morgan fingerprint density at radius 1 is 1.39 bits per heavy atom. The number of methoxy groups -OCH3 is 1. The second-order valence-electron chi connectivity index (χ2n) is 3.74. The summed E-state index contributed by atoms with van der Waals surface area (Å²) in [6.45, 7) is 4.16. The third-order valence-electron chi connectivity index (χ3n) is 2.60. The van der Waals surface area contributed by atoms with Crippen molar-refractivity contribution in [3.63, 3.8) is 0 Å². The second-order valence-corrected chi connectivity index (χ2v) is 3.74. The Bertz CT molecular complexity index is 555. The molecule has 0 saturated carbocycles. The molecule has 4 heteroatoms. The van der Waals surface area contributed by atoms with Gasteiger partial charge in [0.15, 0.2) is 0 Å². The van der Waals surface area contributed by atoms with E-state index in [4.69, 9.17) is 4.74 Å². The molecule has 0 radical (unpaired) electrons. The number of hydrogen-bond acceptors (Lipinski definition) is 3. The van der Waals surface area contributed by atoms with E-state index >= 15 is 0 Å². The Morgan fingerprint density at radius 3 is 2.72 bits per heavy atom. The van der Waals surface area contributed by atoms with Crippen LogP contribution in [0.2, 0.25) is 0 Å². The summed E-state index contributed by atoms with van der Waals surface area (Å²) in [4.78, 5) is 12.3. The number of carbonyl (C=O) groups excluding carboxylic acids is 1. The van der Waals surface area contributed by atoms with E-state index in [9.17, 15) is 4.79 Å². The molecule has 4 nitrogen and oxygen atoms in total. The molecule has 0 amide bonds. The van der Waals surface area contributed by atoms with Crippen molar-refractivity contribution in [2.75, 3.05) is 7.11 Å². The first-order valence-corrected chi connectivity index (χ1v) is 5.57. The molecule has 0 aliphatic rings. The molecule has 1 aromatic carbocycles. The van der Waals surface area contributed by atoms with Crippen molar-refractivity contribution in [1.82, 2.24) is 9.78 Å². The lowest BCUT2D eigenvalue weighted by molar-refractivity contribution is 0.102. The number of aromatic nitrogens is 2. The van der Waals surface area contributed by atoms with E-state index in [0.717, 1.165) is 5.75 Å². The number of carbonyl (C=O) groups is 1. The average molecular weight is 242 g/mol. The summed E-state index contributed by atoms with van der Waals surface area (Å²) >= 11 is 0. The maximum atomic E-state index is 12.3. The van der Waals surface area contributed by atoms with Crippen molar-refractivity contribution in [2.24, 2.45) is 0 Å². The van der Waals surface area contributed by atoms with Gasteiger partial charge in [-0.1, -0.05) is 6.08 Å². The molecule has 18 heavy (non-hydrogen) atoms. The molecule has 2 aromatic rings. The summed E-state index contributed by atoms with van der Waals surface area (Å²) in [7, 11) is 1.59. The fraction of sp³-hybridized carbons (Fsp3) is 0.143. The Kier molecular flexibility index (Phi) is 3.57. The fourth-order valence-electron chi connectivity index (χ4n) is 1.68. The van der Waals surface area contributed by atoms with Crippen molar-refractivity contribution < 1.29 is 9.53 Å². The SMILES string of the molecule is C=CCn1nccc1C(=O)c1ccc(OC)cc1. The summed E-state index contributed by atoms with van der Waals surface area (Å²) in [6.07, 6.45) is 3.32. The zero-order valence-corrected chi connectivity index (χ0v) is 10.2. The molecule has 0 fully saturated rings. The molecule has 0 N–H and O–H groups in total. The zero-order chi connectivity index (χ0) is 13.0. The van der Waals surface area contributed by atoms with Crippen LogP contribution in [0.4, 0.5) is 0 Å². The minimum absolute atomic E-state index is 0.0583. The van der Waals surface area contributed by atoms with Gasteiger partial charge < -0.3 is 4.74 Å². The molecule has 0 bridgehead atoms. The quantitative estimate of drug-likeness (QED) is 0.597. The van der Waals surface area contributed by atoms with Crippen LogP contribution in [-0.2, 0) is 6.54 Å². The molecule has 2 rings (SSSR count). The molecule has 1 aromatic heterocycles. The summed E-state index contributed by atoms with van der Waals surface area (Å²) in [5, 5.41) is 4.09. The van der Waals surface area contributed by atoms with E-state index in [1.165, 1.54) is 0 Å². The molecular formula is C14H14N2O2. The largest absolute Gasteiger partial charge is 0.497 e. The lowest BCUT2D eigenvalue weighted by Gasteiger charge is -2.05. The topological polar surface area (TPSA) is 44.1 Å². The molecule has 0 spiro atoms. The van der Waals surface area contributed by atoms with Gasteiger partial charge in [0.05, 0.1) is 13.7 Å². The monoisotopic (exact) mass is 242 g/mol. The van der Waals surface area contributed by atoms with Gasteiger partial charge in [-0.05, 0) is 30.3 Å². The number of hydrogen-bond donors (Lipinski definition) is 0. The molecule has 0 unspecified atom stereocenters. The maximum absolute atomic E-state index is 12.3. The third-order valence-corrected chi connectivity index (χ3v) is 2.60. The van der Waals surface area contributed by atoms with Crippen LogP contribution in [0.1, 0.15) is 16.1 Å².